The van der Waals surface area contributed by atoms with Crippen molar-refractivity contribution in [3.05, 3.63) is 42.0 Å². The lowest BCUT2D eigenvalue weighted by Gasteiger charge is -2.28. The van der Waals surface area contributed by atoms with Crippen LogP contribution in [0, 0.1) is 11.8 Å². The van der Waals surface area contributed by atoms with Gasteiger partial charge in [-0.05, 0) is 37.0 Å². The molecule has 2 amide bonds. The molecule has 6 nitrogen and oxygen atoms in total. The van der Waals surface area contributed by atoms with E-state index in [2.05, 4.69) is 5.32 Å². The normalized spacial score (nSPS) is 22.9. The number of rotatable bonds is 5. The number of hydrogen-bond acceptors (Lipinski definition) is 4. The van der Waals surface area contributed by atoms with Crippen molar-refractivity contribution in [3.8, 4) is 0 Å². The summed E-state index contributed by atoms with van der Waals surface area (Å²) in [6.45, 7) is 1.07. The number of carbonyl (C=O) groups excluding carboxylic acids is 3. The molecule has 3 rings (SSSR count). The fraction of sp³-hybridized carbons (Fsp3) is 0.421. The van der Waals surface area contributed by atoms with Gasteiger partial charge in [0.25, 0.3) is 0 Å². The van der Waals surface area contributed by atoms with E-state index in [0.29, 0.717) is 25.8 Å². The summed E-state index contributed by atoms with van der Waals surface area (Å²) in [5, 5.41) is 14.0. The van der Waals surface area contributed by atoms with Gasteiger partial charge in [-0.2, -0.15) is 0 Å². The third-order valence-electron chi connectivity index (χ3n) is 4.86. The molecule has 0 radical (unpaired) electrons. The summed E-state index contributed by atoms with van der Waals surface area (Å²) in [7, 11) is 0. The maximum absolute atomic E-state index is 12.3. The maximum atomic E-state index is 12.3. The van der Waals surface area contributed by atoms with Crippen molar-refractivity contribution in [1.29, 1.82) is 0 Å². The Balaban J connectivity index is 1.57. The lowest BCUT2D eigenvalue weighted by molar-refractivity contribution is -0.313. The maximum Gasteiger partial charge on any atom is 0.227 e. The second kappa shape index (κ2) is 7.51. The van der Waals surface area contributed by atoms with E-state index in [-0.39, 0.29) is 11.8 Å². The van der Waals surface area contributed by atoms with Crippen LogP contribution in [0.4, 0.5) is 5.69 Å². The first-order chi connectivity index (χ1) is 12.1. The van der Waals surface area contributed by atoms with E-state index in [4.69, 9.17) is 0 Å². The van der Waals surface area contributed by atoms with Crippen LogP contribution >= 0.6 is 0 Å². The van der Waals surface area contributed by atoms with Crippen LogP contribution in [0.1, 0.15) is 31.2 Å². The molecule has 6 heteroatoms. The molecule has 132 valence electrons. The molecule has 1 aromatic rings. The molecule has 0 aromatic heterocycles. The van der Waals surface area contributed by atoms with Crippen molar-refractivity contribution < 1.29 is 19.5 Å². The fourth-order valence-corrected chi connectivity index (χ4v) is 3.40. The highest BCUT2D eigenvalue weighted by molar-refractivity contribution is 5.95. The number of anilines is 1. The summed E-state index contributed by atoms with van der Waals surface area (Å²) in [6, 6.07) is 7.49. The second-order valence-electron chi connectivity index (χ2n) is 6.51. The summed E-state index contributed by atoms with van der Waals surface area (Å²) >= 11 is 0. The number of carboxylic acids is 1. The standard InChI is InChI=1S/C19H22N2O4/c22-17-6-3-11-21(17)14-9-7-13(8-10-14)12-20-18(23)15-4-1-2-5-16(15)19(24)25/h1-2,7-10,15-16H,3-6,11-12H2,(H,20,23)(H,24,25)/p-1/t15-,16-/m1/s1. The number of benzene rings is 1. The zero-order valence-corrected chi connectivity index (χ0v) is 13.9. The molecular weight excluding hydrogens is 320 g/mol. The zero-order valence-electron chi connectivity index (χ0n) is 13.9. The van der Waals surface area contributed by atoms with Gasteiger partial charge >= 0.3 is 0 Å². The topological polar surface area (TPSA) is 89.5 Å². The first-order valence-electron chi connectivity index (χ1n) is 8.59. The molecule has 25 heavy (non-hydrogen) atoms. The number of nitrogens with zero attached hydrogens (tertiary/aromatic N) is 1. The van der Waals surface area contributed by atoms with Crippen molar-refractivity contribution in [3.63, 3.8) is 0 Å². The Bertz CT molecular complexity index is 696. The van der Waals surface area contributed by atoms with Crippen molar-refractivity contribution in [1.82, 2.24) is 5.32 Å². The molecule has 2 aliphatic rings. The predicted octanol–water partition coefficient (Wildman–Crippen LogP) is 0.762. The van der Waals surface area contributed by atoms with Gasteiger partial charge in [-0.3, -0.25) is 9.59 Å². The molecule has 1 aliphatic heterocycles. The predicted molar refractivity (Wildman–Crippen MR) is 90.2 cm³/mol. The first kappa shape index (κ1) is 17.2. The summed E-state index contributed by atoms with van der Waals surface area (Å²) < 4.78 is 0. The van der Waals surface area contributed by atoms with E-state index in [9.17, 15) is 19.5 Å². The smallest absolute Gasteiger partial charge is 0.227 e. The Morgan fingerprint density at radius 3 is 2.40 bits per heavy atom. The van der Waals surface area contributed by atoms with Gasteiger partial charge in [-0.15, -0.1) is 0 Å². The Hall–Kier alpha value is -2.63. The Morgan fingerprint density at radius 2 is 1.80 bits per heavy atom. The average Bonchev–Trinajstić information content (AvgIpc) is 3.06. The zero-order chi connectivity index (χ0) is 17.8. The number of aliphatic carboxylic acids is 1. The Morgan fingerprint density at radius 1 is 1.12 bits per heavy atom. The highest BCUT2D eigenvalue weighted by Crippen LogP contribution is 2.26. The van der Waals surface area contributed by atoms with Gasteiger partial charge in [0.2, 0.25) is 11.8 Å². The van der Waals surface area contributed by atoms with Gasteiger partial charge in [-0.25, -0.2) is 0 Å². The van der Waals surface area contributed by atoms with E-state index in [1.807, 2.05) is 30.3 Å². The lowest BCUT2D eigenvalue weighted by Crippen LogP contribution is -2.43. The molecule has 1 heterocycles. The third-order valence-corrected chi connectivity index (χ3v) is 4.86. The first-order valence-corrected chi connectivity index (χ1v) is 8.59. The highest BCUT2D eigenvalue weighted by Gasteiger charge is 2.29. The van der Waals surface area contributed by atoms with Gasteiger partial charge in [0, 0.05) is 43.0 Å². The summed E-state index contributed by atoms with van der Waals surface area (Å²) in [4.78, 5) is 37.0. The fourth-order valence-electron chi connectivity index (χ4n) is 3.40. The molecule has 2 atom stereocenters. The number of amides is 2. The van der Waals surface area contributed by atoms with Crippen LogP contribution in [0.2, 0.25) is 0 Å². The molecule has 1 saturated heterocycles. The lowest BCUT2D eigenvalue weighted by atomic mass is 9.82. The molecule has 0 saturated carbocycles. The van der Waals surface area contributed by atoms with E-state index in [0.717, 1.165) is 24.2 Å². The van der Waals surface area contributed by atoms with Gasteiger partial charge in [0.15, 0.2) is 0 Å². The number of carboxylic acid groups (broad SMARTS) is 1. The number of carbonyl (C=O) groups is 3. The minimum atomic E-state index is -1.18. The average molecular weight is 341 g/mol. The van der Waals surface area contributed by atoms with Gasteiger partial charge < -0.3 is 20.1 Å². The van der Waals surface area contributed by atoms with Crippen LogP contribution in [-0.2, 0) is 20.9 Å². The van der Waals surface area contributed by atoms with Crippen LogP contribution in [0.25, 0.3) is 0 Å². The molecule has 1 N–H and O–H groups in total. The second-order valence-corrected chi connectivity index (χ2v) is 6.51. The van der Waals surface area contributed by atoms with Crippen LogP contribution in [-0.4, -0.2) is 24.3 Å². The SMILES string of the molecule is O=C([O-])[C@@H]1CC=CC[C@H]1C(=O)NCc1ccc(N2CCCC2=O)cc1. The van der Waals surface area contributed by atoms with Crippen molar-refractivity contribution in [2.75, 3.05) is 11.4 Å². The summed E-state index contributed by atoms with van der Waals surface area (Å²) in [5.41, 5.74) is 1.77. The molecule has 0 bridgehead atoms. The number of allylic oxidation sites excluding steroid dienone is 2. The number of hydrogen-bond donors (Lipinski definition) is 1. The Kier molecular flexibility index (Phi) is 5.16. The van der Waals surface area contributed by atoms with Gasteiger partial charge in [0.1, 0.15) is 0 Å². The minimum absolute atomic E-state index is 0.139. The van der Waals surface area contributed by atoms with E-state index < -0.39 is 17.8 Å². The molecule has 1 aliphatic carbocycles. The van der Waals surface area contributed by atoms with Crippen molar-refractivity contribution in [2.45, 2.75) is 32.2 Å². The largest absolute Gasteiger partial charge is 0.550 e. The van der Waals surface area contributed by atoms with Crippen molar-refractivity contribution in [2.24, 2.45) is 11.8 Å². The van der Waals surface area contributed by atoms with E-state index in [1.54, 1.807) is 11.0 Å². The van der Waals surface area contributed by atoms with Gasteiger partial charge in [0.05, 0.1) is 0 Å². The minimum Gasteiger partial charge on any atom is -0.550 e. The van der Waals surface area contributed by atoms with Gasteiger partial charge in [-0.1, -0.05) is 24.3 Å². The molecule has 1 fully saturated rings. The van der Waals surface area contributed by atoms with Crippen LogP contribution in [0.15, 0.2) is 36.4 Å². The number of nitrogens with one attached hydrogen (secondary N) is 1. The molecule has 1 aromatic carbocycles. The van der Waals surface area contributed by atoms with Crippen LogP contribution in [0.5, 0.6) is 0 Å². The molecule has 0 unspecified atom stereocenters. The van der Waals surface area contributed by atoms with Crippen LogP contribution in [0.3, 0.4) is 0 Å². The van der Waals surface area contributed by atoms with Crippen LogP contribution < -0.4 is 15.3 Å². The highest BCUT2D eigenvalue weighted by atomic mass is 16.4. The van der Waals surface area contributed by atoms with E-state index in [1.165, 1.54) is 0 Å². The molecule has 0 spiro atoms. The van der Waals surface area contributed by atoms with E-state index >= 15 is 0 Å². The summed E-state index contributed by atoms with van der Waals surface area (Å²) in [6.07, 6.45) is 5.84. The molecular formula is C19H21N2O4-. The quantitative estimate of drug-likeness (QED) is 0.801. The monoisotopic (exact) mass is 341 g/mol. The third kappa shape index (κ3) is 3.90. The summed E-state index contributed by atoms with van der Waals surface area (Å²) in [5.74, 6) is -2.66. The van der Waals surface area contributed by atoms with Crippen molar-refractivity contribution >= 4 is 23.5 Å². The Labute approximate surface area is 146 Å².